The smallest absolute Gasteiger partial charge is 0.240 e. The molecule has 0 bridgehead atoms. The maximum atomic E-state index is 12.5. The monoisotopic (exact) mass is 297 g/mol. The minimum atomic E-state index is -3.52. The zero-order valence-corrected chi connectivity index (χ0v) is 12.9. The van der Waals surface area contributed by atoms with E-state index in [-0.39, 0.29) is 23.0 Å². The predicted molar refractivity (Wildman–Crippen MR) is 78.7 cm³/mol. The molecule has 4 nitrogen and oxygen atoms in total. The third kappa shape index (κ3) is 3.40. The second-order valence-electron chi connectivity index (χ2n) is 6.21. The molecule has 5 heteroatoms. The largest absolute Gasteiger partial charge is 0.392 e. The third-order valence-electron chi connectivity index (χ3n) is 4.20. The molecule has 0 amide bonds. The van der Waals surface area contributed by atoms with Crippen molar-refractivity contribution >= 4 is 10.0 Å². The number of rotatable bonds is 4. The molecule has 1 fully saturated rings. The van der Waals surface area contributed by atoms with Gasteiger partial charge in [0.2, 0.25) is 10.0 Å². The van der Waals surface area contributed by atoms with Gasteiger partial charge >= 0.3 is 0 Å². The van der Waals surface area contributed by atoms with Gasteiger partial charge in [-0.25, -0.2) is 13.1 Å². The van der Waals surface area contributed by atoms with Crippen LogP contribution in [0.4, 0.5) is 0 Å². The lowest BCUT2D eigenvalue weighted by molar-refractivity contribution is 0.188. The Kier molecular flexibility index (Phi) is 4.52. The lowest BCUT2D eigenvalue weighted by Crippen LogP contribution is -2.46. The van der Waals surface area contributed by atoms with Crippen LogP contribution < -0.4 is 4.72 Å². The number of aliphatic hydroxyl groups excluding tert-OH is 1. The number of sulfonamides is 1. The molecule has 0 aromatic heterocycles. The van der Waals surface area contributed by atoms with Crippen LogP contribution in [0.3, 0.4) is 0 Å². The highest BCUT2D eigenvalue weighted by Gasteiger charge is 2.35. The Morgan fingerprint density at radius 3 is 2.75 bits per heavy atom. The molecule has 1 saturated carbocycles. The Morgan fingerprint density at radius 2 is 2.10 bits per heavy atom. The summed E-state index contributed by atoms with van der Waals surface area (Å²) in [6.07, 6.45) is 4.14. The number of benzene rings is 1. The first-order chi connectivity index (χ1) is 9.35. The van der Waals surface area contributed by atoms with Gasteiger partial charge in [0.05, 0.1) is 11.5 Å². The fraction of sp³-hybridized carbons (Fsp3) is 0.600. The second kappa shape index (κ2) is 5.84. The second-order valence-corrected chi connectivity index (χ2v) is 7.93. The summed E-state index contributed by atoms with van der Waals surface area (Å²) < 4.78 is 27.8. The van der Waals surface area contributed by atoms with Crippen molar-refractivity contribution < 1.29 is 13.5 Å². The van der Waals surface area contributed by atoms with Gasteiger partial charge in [-0.05, 0) is 36.0 Å². The zero-order valence-electron chi connectivity index (χ0n) is 12.1. The van der Waals surface area contributed by atoms with Crippen LogP contribution in [0, 0.1) is 5.41 Å². The maximum Gasteiger partial charge on any atom is 0.240 e. The van der Waals surface area contributed by atoms with Gasteiger partial charge in [-0.15, -0.1) is 0 Å². The molecule has 1 unspecified atom stereocenters. The fourth-order valence-corrected chi connectivity index (χ4v) is 4.29. The highest BCUT2D eigenvalue weighted by atomic mass is 32.2. The van der Waals surface area contributed by atoms with Crippen molar-refractivity contribution in [1.29, 1.82) is 0 Å². The molecule has 2 N–H and O–H groups in total. The Labute approximate surface area is 121 Å². The van der Waals surface area contributed by atoms with Crippen molar-refractivity contribution in [2.75, 3.05) is 0 Å². The van der Waals surface area contributed by atoms with E-state index in [2.05, 4.69) is 18.6 Å². The molecular weight excluding hydrogens is 274 g/mol. The fourth-order valence-electron chi connectivity index (χ4n) is 2.78. The lowest BCUT2D eigenvalue weighted by atomic mass is 9.74. The average Bonchev–Trinajstić information content (AvgIpc) is 2.41. The average molecular weight is 297 g/mol. The minimum absolute atomic E-state index is 0.0140. The van der Waals surface area contributed by atoms with E-state index in [1.165, 1.54) is 6.07 Å². The molecule has 0 radical (unpaired) electrons. The van der Waals surface area contributed by atoms with Gasteiger partial charge in [0, 0.05) is 6.04 Å². The molecule has 20 heavy (non-hydrogen) atoms. The molecule has 0 heterocycles. The van der Waals surface area contributed by atoms with Gasteiger partial charge in [-0.2, -0.15) is 0 Å². The molecule has 0 aliphatic heterocycles. The first-order valence-corrected chi connectivity index (χ1v) is 8.56. The number of hydrogen-bond donors (Lipinski definition) is 2. The van der Waals surface area contributed by atoms with Gasteiger partial charge < -0.3 is 5.11 Å². The van der Waals surface area contributed by atoms with Crippen molar-refractivity contribution in [3.05, 3.63) is 29.8 Å². The van der Waals surface area contributed by atoms with Crippen LogP contribution in [0.15, 0.2) is 29.2 Å². The normalized spacial score (nSPS) is 22.6. The molecular formula is C15H23NO3S. The summed E-state index contributed by atoms with van der Waals surface area (Å²) in [6.45, 7) is 4.07. The topological polar surface area (TPSA) is 66.4 Å². The van der Waals surface area contributed by atoms with E-state index in [4.69, 9.17) is 5.11 Å². The molecule has 2 rings (SSSR count). The van der Waals surface area contributed by atoms with Crippen LogP contribution in [0.25, 0.3) is 0 Å². The van der Waals surface area contributed by atoms with Gasteiger partial charge in [0.25, 0.3) is 0 Å². The summed E-state index contributed by atoms with van der Waals surface area (Å²) in [5, 5.41) is 9.12. The third-order valence-corrected chi connectivity index (χ3v) is 5.67. The summed E-state index contributed by atoms with van der Waals surface area (Å²) in [5.74, 6) is 0. The number of hydrogen-bond acceptors (Lipinski definition) is 3. The molecule has 112 valence electrons. The highest BCUT2D eigenvalue weighted by molar-refractivity contribution is 7.89. The SMILES string of the molecule is CC1(C)CCCCC1NS(=O)(=O)c1cccc(CO)c1. The van der Waals surface area contributed by atoms with Crippen molar-refractivity contribution in [1.82, 2.24) is 4.72 Å². The van der Waals surface area contributed by atoms with Crippen molar-refractivity contribution in [3.8, 4) is 0 Å². The quantitative estimate of drug-likeness (QED) is 0.897. The molecule has 1 aromatic rings. The van der Waals surface area contributed by atoms with Crippen LogP contribution in [-0.2, 0) is 16.6 Å². The lowest BCUT2D eigenvalue weighted by Gasteiger charge is -2.38. The van der Waals surface area contributed by atoms with Gasteiger partial charge in [0.15, 0.2) is 0 Å². The van der Waals surface area contributed by atoms with E-state index < -0.39 is 10.0 Å². The van der Waals surface area contributed by atoms with Crippen LogP contribution in [0.5, 0.6) is 0 Å². The summed E-state index contributed by atoms with van der Waals surface area (Å²) in [7, 11) is -3.52. The summed E-state index contributed by atoms with van der Waals surface area (Å²) in [6, 6.07) is 6.43. The van der Waals surface area contributed by atoms with Gasteiger partial charge in [0.1, 0.15) is 0 Å². The van der Waals surface area contributed by atoms with Crippen molar-refractivity contribution in [2.45, 2.75) is 57.1 Å². The van der Waals surface area contributed by atoms with Crippen LogP contribution in [0.1, 0.15) is 45.1 Å². The van der Waals surface area contributed by atoms with E-state index in [1.54, 1.807) is 18.2 Å². The van der Waals surface area contributed by atoms with Gasteiger partial charge in [-0.3, -0.25) is 0 Å². The molecule has 1 aromatic carbocycles. The Balaban J connectivity index is 2.22. The minimum Gasteiger partial charge on any atom is -0.392 e. The van der Waals surface area contributed by atoms with E-state index in [0.717, 1.165) is 25.7 Å². The van der Waals surface area contributed by atoms with Crippen LogP contribution >= 0.6 is 0 Å². The molecule has 1 atom stereocenters. The van der Waals surface area contributed by atoms with E-state index >= 15 is 0 Å². The standard InChI is InChI=1S/C15H23NO3S/c1-15(2)9-4-3-8-14(15)16-20(18,19)13-7-5-6-12(10-13)11-17/h5-7,10,14,16-17H,3-4,8-9,11H2,1-2H3. The van der Waals surface area contributed by atoms with E-state index in [9.17, 15) is 8.42 Å². The molecule has 1 aliphatic carbocycles. The number of nitrogens with one attached hydrogen (secondary N) is 1. The number of aliphatic hydroxyl groups is 1. The summed E-state index contributed by atoms with van der Waals surface area (Å²) >= 11 is 0. The van der Waals surface area contributed by atoms with E-state index in [1.807, 2.05) is 0 Å². The zero-order chi connectivity index (χ0) is 14.8. The van der Waals surface area contributed by atoms with Gasteiger partial charge in [-0.1, -0.05) is 38.8 Å². The predicted octanol–water partition coefficient (Wildman–Crippen LogP) is 2.43. The van der Waals surface area contributed by atoms with Crippen molar-refractivity contribution in [3.63, 3.8) is 0 Å². The maximum absolute atomic E-state index is 12.5. The highest BCUT2D eigenvalue weighted by Crippen LogP contribution is 2.36. The Morgan fingerprint density at radius 1 is 1.35 bits per heavy atom. The van der Waals surface area contributed by atoms with E-state index in [0.29, 0.717) is 5.56 Å². The molecule has 0 spiro atoms. The molecule has 0 saturated heterocycles. The van der Waals surface area contributed by atoms with Crippen LogP contribution in [-0.4, -0.2) is 19.6 Å². The molecule has 1 aliphatic rings. The Hall–Kier alpha value is -0.910. The summed E-state index contributed by atoms with van der Waals surface area (Å²) in [5.41, 5.74) is 0.593. The Bertz CT molecular complexity index is 566. The first kappa shape index (κ1) is 15.5. The summed E-state index contributed by atoms with van der Waals surface area (Å²) in [4.78, 5) is 0.227. The van der Waals surface area contributed by atoms with Crippen molar-refractivity contribution in [2.24, 2.45) is 5.41 Å². The first-order valence-electron chi connectivity index (χ1n) is 7.07. The van der Waals surface area contributed by atoms with Crippen LogP contribution in [0.2, 0.25) is 0 Å².